The topological polar surface area (TPSA) is 26.3 Å². The first-order valence-electron chi connectivity index (χ1n) is 6.75. The SMILES string of the molecule is CC1CCC(C(=O)c2cccc(OC(F)(F)F)c2)CC1. The minimum absolute atomic E-state index is 0.0765. The van der Waals surface area contributed by atoms with E-state index in [-0.39, 0.29) is 17.5 Å². The van der Waals surface area contributed by atoms with Crippen LogP contribution in [0.1, 0.15) is 43.0 Å². The molecule has 1 aromatic rings. The van der Waals surface area contributed by atoms with Crippen molar-refractivity contribution in [3.8, 4) is 5.75 Å². The number of carbonyl (C=O) groups is 1. The summed E-state index contributed by atoms with van der Waals surface area (Å²) >= 11 is 0. The monoisotopic (exact) mass is 286 g/mol. The highest BCUT2D eigenvalue weighted by Crippen LogP contribution is 2.31. The molecule has 0 amide bonds. The molecule has 0 aromatic heterocycles. The molecule has 1 fully saturated rings. The first-order chi connectivity index (χ1) is 9.35. The fraction of sp³-hybridized carbons (Fsp3) is 0.533. The Morgan fingerprint density at radius 2 is 1.85 bits per heavy atom. The van der Waals surface area contributed by atoms with E-state index in [2.05, 4.69) is 11.7 Å². The van der Waals surface area contributed by atoms with Gasteiger partial charge < -0.3 is 4.74 Å². The van der Waals surface area contributed by atoms with Crippen LogP contribution in [-0.4, -0.2) is 12.1 Å². The Morgan fingerprint density at radius 1 is 1.20 bits per heavy atom. The summed E-state index contributed by atoms with van der Waals surface area (Å²) in [6.07, 6.45) is -1.12. The highest BCUT2D eigenvalue weighted by Gasteiger charge is 2.31. The first kappa shape index (κ1) is 14.9. The normalized spacial score (nSPS) is 23.4. The smallest absolute Gasteiger partial charge is 0.406 e. The number of Topliss-reactive ketones (excluding diaryl/α,β-unsaturated/α-hetero) is 1. The molecule has 0 spiro atoms. The van der Waals surface area contributed by atoms with E-state index in [1.54, 1.807) is 6.07 Å². The molecule has 0 bridgehead atoms. The van der Waals surface area contributed by atoms with Gasteiger partial charge >= 0.3 is 6.36 Å². The fourth-order valence-corrected chi connectivity index (χ4v) is 2.60. The van der Waals surface area contributed by atoms with Crippen LogP contribution in [0.25, 0.3) is 0 Å². The molecule has 0 saturated heterocycles. The summed E-state index contributed by atoms with van der Waals surface area (Å²) in [6.45, 7) is 2.15. The molecule has 2 rings (SSSR count). The second-order valence-electron chi connectivity index (χ2n) is 5.40. The van der Waals surface area contributed by atoms with Crippen molar-refractivity contribution in [3.63, 3.8) is 0 Å². The lowest BCUT2D eigenvalue weighted by Crippen LogP contribution is -2.21. The maximum atomic E-state index is 12.3. The zero-order valence-corrected chi connectivity index (χ0v) is 11.2. The lowest BCUT2D eigenvalue weighted by atomic mass is 9.79. The van der Waals surface area contributed by atoms with E-state index in [9.17, 15) is 18.0 Å². The van der Waals surface area contributed by atoms with Gasteiger partial charge in [0.05, 0.1) is 0 Å². The number of alkyl halides is 3. The minimum atomic E-state index is -4.73. The fourth-order valence-electron chi connectivity index (χ4n) is 2.60. The molecule has 20 heavy (non-hydrogen) atoms. The Hall–Kier alpha value is -1.52. The van der Waals surface area contributed by atoms with E-state index >= 15 is 0 Å². The lowest BCUT2D eigenvalue weighted by Gasteiger charge is -2.25. The second-order valence-corrected chi connectivity index (χ2v) is 5.40. The Kier molecular flexibility index (Phi) is 4.35. The third-order valence-corrected chi connectivity index (χ3v) is 3.74. The van der Waals surface area contributed by atoms with Crippen molar-refractivity contribution in [2.75, 3.05) is 0 Å². The molecule has 0 N–H and O–H groups in total. The minimum Gasteiger partial charge on any atom is -0.406 e. The number of hydrogen-bond donors (Lipinski definition) is 0. The van der Waals surface area contributed by atoms with E-state index in [4.69, 9.17) is 0 Å². The number of ketones is 1. The first-order valence-corrected chi connectivity index (χ1v) is 6.75. The van der Waals surface area contributed by atoms with Crippen LogP contribution in [0.15, 0.2) is 24.3 Å². The average molecular weight is 286 g/mol. The summed E-state index contributed by atoms with van der Waals surface area (Å²) in [5.74, 6) is 0.128. The summed E-state index contributed by atoms with van der Waals surface area (Å²) in [6, 6.07) is 5.34. The third kappa shape index (κ3) is 3.99. The van der Waals surface area contributed by atoms with Crippen LogP contribution in [-0.2, 0) is 0 Å². The van der Waals surface area contributed by atoms with Crippen molar-refractivity contribution in [2.45, 2.75) is 39.0 Å². The van der Waals surface area contributed by atoms with Gasteiger partial charge in [-0.25, -0.2) is 0 Å². The largest absolute Gasteiger partial charge is 0.573 e. The van der Waals surface area contributed by atoms with Crippen LogP contribution >= 0.6 is 0 Å². The van der Waals surface area contributed by atoms with Gasteiger partial charge in [-0.05, 0) is 30.9 Å². The highest BCUT2D eigenvalue weighted by atomic mass is 19.4. The molecule has 1 aliphatic carbocycles. The number of rotatable bonds is 3. The summed E-state index contributed by atoms with van der Waals surface area (Å²) in [5.41, 5.74) is 0.298. The molecule has 0 heterocycles. The van der Waals surface area contributed by atoms with Gasteiger partial charge in [0.25, 0.3) is 0 Å². The lowest BCUT2D eigenvalue weighted by molar-refractivity contribution is -0.274. The number of hydrogen-bond acceptors (Lipinski definition) is 2. The molecule has 1 aliphatic rings. The van der Waals surface area contributed by atoms with E-state index < -0.39 is 6.36 Å². The van der Waals surface area contributed by atoms with Gasteiger partial charge in [0.15, 0.2) is 5.78 Å². The van der Waals surface area contributed by atoms with Crippen molar-refractivity contribution in [2.24, 2.45) is 11.8 Å². The van der Waals surface area contributed by atoms with Gasteiger partial charge in [-0.15, -0.1) is 13.2 Å². The molecule has 0 unspecified atom stereocenters. The summed E-state index contributed by atoms with van der Waals surface area (Å²) in [5, 5.41) is 0. The summed E-state index contributed by atoms with van der Waals surface area (Å²) in [7, 11) is 0. The quantitative estimate of drug-likeness (QED) is 0.759. The molecule has 0 radical (unpaired) electrons. The van der Waals surface area contributed by atoms with Crippen molar-refractivity contribution in [1.82, 2.24) is 0 Å². The molecule has 5 heteroatoms. The number of ether oxygens (including phenoxy) is 1. The second kappa shape index (κ2) is 5.85. The zero-order chi connectivity index (χ0) is 14.8. The Bertz CT molecular complexity index is 474. The maximum Gasteiger partial charge on any atom is 0.573 e. The molecular formula is C15H17F3O2. The van der Waals surface area contributed by atoms with Crippen LogP contribution in [0, 0.1) is 11.8 Å². The average Bonchev–Trinajstić information content (AvgIpc) is 2.37. The van der Waals surface area contributed by atoms with Gasteiger partial charge in [-0.2, -0.15) is 0 Å². The van der Waals surface area contributed by atoms with E-state index in [0.717, 1.165) is 25.7 Å². The predicted octanol–water partition coefficient (Wildman–Crippen LogP) is 4.59. The Labute approximate surface area is 115 Å². The van der Waals surface area contributed by atoms with E-state index in [0.29, 0.717) is 11.5 Å². The number of benzene rings is 1. The third-order valence-electron chi connectivity index (χ3n) is 3.74. The molecule has 2 nitrogen and oxygen atoms in total. The number of carbonyl (C=O) groups excluding carboxylic acids is 1. The predicted molar refractivity (Wildman–Crippen MR) is 68.6 cm³/mol. The van der Waals surface area contributed by atoms with Gasteiger partial charge in [0.2, 0.25) is 0 Å². The van der Waals surface area contributed by atoms with Gasteiger partial charge in [-0.1, -0.05) is 31.9 Å². The van der Waals surface area contributed by atoms with E-state index in [1.165, 1.54) is 18.2 Å². The van der Waals surface area contributed by atoms with Crippen LogP contribution in [0.4, 0.5) is 13.2 Å². The van der Waals surface area contributed by atoms with Gasteiger partial charge in [-0.3, -0.25) is 4.79 Å². The van der Waals surface area contributed by atoms with Crippen molar-refractivity contribution < 1.29 is 22.7 Å². The van der Waals surface area contributed by atoms with Crippen LogP contribution in [0.5, 0.6) is 5.75 Å². The van der Waals surface area contributed by atoms with Crippen LogP contribution in [0.3, 0.4) is 0 Å². The molecule has 0 atom stereocenters. The van der Waals surface area contributed by atoms with Crippen molar-refractivity contribution >= 4 is 5.78 Å². The zero-order valence-electron chi connectivity index (χ0n) is 11.2. The highest BCUT2D eigenvalue weighted by molar-refractivity contribution is 5.98. The van der Waals surface area contributed by atoms with Crippen molar-refractivity contribution in [1.29, 1.82) is 0 Å². The molecule has 0 aliphatic heterocycles. The number of halogens is 3. The van der Waals surface area contributed by atoms with E-state index in [1.807, 2.05) is 0 Å². The van der Waals surface area contributed by atoms with Gasteiger partial charge in [0, 0.05) is 11.5 Å². The van der Waals surface area contributed by atoms with Crippen molar-refractivity contribution in [3.05, 3.63) is 29.8 Å². The van der Waals surface area contributed by atoms with Crippen LogP contribution < -0.4 is 4.74 Å². The van der Waals surface area contributed by atoms with Gasteiger partial charge in [0.1, 0.15) is 5.75 Å². The summed E-state index contributed by atoms with van der Waals surface area (Å²) < 4.78 is 40.3. The summed E-state index contributed by atoms with van der Waals surface area (Å²) in [4.78, 5) is 12.3. The maximum absolute atomic E-state index is 12.3. The van der Waals surface area contributed by atoms with Crippen LogP contribution in [0.2, 0.25) is 0 Å². The molecule has 1 saturated carbocycles. The Balaban J connectivity index is 2.08. The standard InChI is InChI=1S/C15H17F3O2/c1-10-5-7-11(8-6-10)14(19)12-3-2-4-13(9-12)20-15(16,17)18/h2-4,9-11H,5-8H2,1H3. The Morgan fingerprint density at radius 3 is 2.45 bits per heavy atom. The molecular weight excluding hydrogens is 269 g/mol. The molecule has 110 valence electrons. The molecule has 1 aromatic carbocycles.